The molecular formula is C18H20N2O4. The first-order valence-electron chi connectivity index (χ1n) is 7.53. The first-order valence-corrected chi connectivity index (χ1v) is 7.53. The number of hydrogen-bond acceptors (Lipinski definition) is 4. The zero-order chi connectivity index (χ0) is 17.7. The number of carbonyl (C=O) groups is 2. The van der Waals surface area contributed by atoms with Gasteiger partial charge in [0.05, 0.1) is 12.8 Å². The maximum Gasteiger partial charge on any atom is 0.305 e. The quantitative estimate of drug-likeness (QED) is 0.617. The third-order valence-electron chi connectivity index (χ3n) is 3.80. The number of carboxylic acid groups (broad SMARTS) is 2. The lowest BCUT2D eigenvalue weighted by molar-refractivity contribution is -0.138. The van der Waals surface area contributed by atoms with E-state index in [1.807, 2.05) is 24.3 Å². The van der Waals surface area contributed by atoms with Crippen LogP contribution in [0.2, 0.25) is 0 Å². The fourth-order valence-electron chi connectivity index (χ4n) is 2.73. The molecule has 2 rings (SSSR count). The smallest absolute Gasteiger partial charge is 0.305 e. The van der Waals surface area contributed by atoms with E-state index in [9.17, 15) is 9.59 Å². The number of rotatable bonds is 7. The van der Waals surface area contributed by atoms with Gasteiger partial charge in [-0.25, -0.2) is 0 Å². The van der Waals surface area contributed by atoms with E-state index in [2.05, 4.69) is 0 Å². The fourth-order valence-corrected chi connectivity index (χ4v) is 2.73. The minimum Gasteiger partial charge on any atom is -0.481 e. The molecule has 0 saturated carbocycles. The van der Waals surface area contributed by atoms with Gasteiger partial charge in [0.15, 0.2) is 0 Å². The number of aliphatic carboxylic acids is 2. The Morgan fingerprint density at radius 2 is 1.08 bits per heavy atom. The highest BCUT2D eigenvalue weighted by Crippen LogP contribution is 2.33. The van der Waals surface area contributed by atoms with Crippen LogP contribution in [-0.4, -0.2) is 22.2 Å². The molecule has 0 aliphatic rings. The number of nitrogens with two attached hydrogens (primary N) is 2. The summed E-state index contributed by atoms with van der Waals surface area (Å²) >= 11 is 0. The van der Waals surface area contributed by atoms with E-state index in [4.69, 9.17) is 21.7 Å². The maximum absolute atomic E-state index is 11.0. The number of hydrogen-bond donors (Lipinski definition) is 4. The molecule has 2 atom stereocenters. The average Bonchev–Trinajstić information content (AvgIpc) is 2.53. The van der Waals surface area contributed by atoms with Gasteiger partial charge < -0.3 is 21.7 Å². The Bertz CT molecular complexity index is 682. The van der Waals surface area contributed by atoms with E-state index < -0.39 is 24.0 Å². The highest BCUT2D eigenvalue weighted by atomic mass is 16.4. The molecule has 6 heteroatoms. The summed E-state index contributed by atoms with van der Waals surface area (Å²) in [4.78, 5) is 21.9. The van der Waals surface area contributed by atoms with Gasteiger partial charge in [-0.1, -0.05) is 48.5 Å². The van der Waals surface area contributed by atoms with Gasteiger partial charge in [0.1, 0.15) is 0 Å². The predicted octanol–water partition coefficient (Wildman–Crippen LogP) is 2.30. The molecule has 0 heterocycles. The summed E-state index contributed by atoms with van der Waals surface area (Å²) in [6.07, 6.45) is -0.388. The summed E-state index contributed by atoms with van der Waals surface area (Å²) in [7, 11) is 0. The van der Waals surface area contributed by atoms with Gasteiger partial charge >= 0.3 is 11.9 Å². The van der Waals surface area contributed by atoms with E-state index in [0.717, 1.165) is 11.1 Å². The normalized spacial score (nSPS) is 13.2. The maximum atomic E-state index is 11.0. The summed E-state index contributed by atoms with van der Waals surface area (Å²) < 4.78 is 0. The Kier molecular flexibility index (Phi) is 5.68. The lowest BCUT2D eigenvalue weighted by atomic mass is 9.88. The lowest BCUT2D eigenvalue weighted by Crippen LogP contribution is -2.18. The molecule has 0 spiro atoms. The molecular weight excluding hydrogens is 308 g/mol. The molecule has 6 N–H and O–H groups in total. The molecule has 0 radical (unpaired) electrons. The molecule has 6 nitrogen and oxygen atoms in total. The summed E-state index contributed by atoms with van der Waals surface area (Å²) in [5.74, 6) is -1.96. The molecule has 0 aromatic heterocycles. The summed E-state index contributed by atoms with van der Waals surface area (Å²) in [5.41, 5.74) is 15.0. The molecule has 0 fully saturated rings. The molecule has 2 aromatic rings. The van der Waals surface area contributed by atoms with Crippen molar-refractivity contribution in [1.29, 1.82) is 0 Å². The Balaban J connectivity index is 2.50. The molecule has 0 amide bonds. The average molecular weight is 328 g/mol. The van der Waals surface area contributed by atoms with E-state index in [1.165, 1.54) is 0 Å². The van der Waals surface area contributed by atoms with Gasteiger partial charge in [-0.05, 0) is 22.3 Å². The summed E-state index contributed by atoms with van der Waals surface area (Å²) in [6.45, 7) is 0. The second-order valence-electron chi connectivity index (χ2n) is 5.58. The van der Waals surface area contributed by atoms with Crippen molar-refractivity contribution in [3.8, 4) is 11.1 Å². The van der Waals surface area contributed by atoms with Crippen LogP contribution < -0.4 is 11.5 Å². The topological polar surface area (TPSA) is 127 Å². The Morgan fingerprint density at radius 3 is 1.42 bits per heavy atom. The predicted molar refractivity (Wildman–Crippen MR) is 90.2 cm³/mol. The molecule has 2 unspecified atom stereocenters. The highest BCUT2D eigenvalue weighted by molar-refractivity contribution is 5.75. The Labute approximate surface area is 139 Å². The molecule has 0 bridgehead atoms. The standard InChI is InChI=1S/C18H20N2O4/c19-15(9-17(21)22)13-7-3-1-5-11(13)12-6-2-4-8-14(12)16(20)10-18(23)24/h1-8,15-16H,9-10,19-20H2,(H,21,22)(H,23,24). The third-order valence-corrected chi connectivity index (χ3v) is 3.80. The van der Waals surface area contributed by atoms with Crippen molar-refractivity contribution in [2.45, 2.75) is 24.9 Å². The lowest BCUT2D eigenvalue weighted by Gasteiger charge is -2.20. The SMILES string of the molecule is NC(CC(=O)O)c1ccccc1-c1ccccc1C(N)CC(=O)O. The highest BCUT2D eigenvalue weighted by Gasteiger charge is 2.19. The Hall–Kier alpha value is -2.70. The zero-order valence-electron chi connectivity index (χ0n) is 13.1. The summed E-state index contributed by atoms with van der Waals surface area (Å²) in [6, 6.07) is 13.1. The van der Waals surface area contributed by atoms with Crippen LogP contribution >= 0.6 is 0 Å². The first-order chi connectivity index (χ1) is 11.4. The van der Waals surface area contributed by atoms with Crippen LogP contribution in [0.4, 0.5) is 0 Å². The molecule has 0 aliphatic heterocycles. The van der Waals surface area contributed by atoms with E-state index in [-0.39, 0.29) is 12.8 Å². The second-order valence-corrected chi connectivity index (χ2v) is 5.58. The molecule has 24 heavy (non-hydrogen) atoms. The van der Waals surface area contributed by atoms with Gasteiger partial charge in [0.25, 0.3) is 0 Å². The minimum atomic E-state index is -0.979. The van der Waals surface area contributed by atoms with E-state index in [0.29, 0.717) is 11.1 Å². The van der Waals surface area contributed by atoms with Gasteiger partial charge in [-0.15, -0.1) is 0 Å². The van der Waals surface area contributed by atoms with E-state index >= 15 is 0 Å². The van der Waals surface area contributed by atoms with Crippen LogP contribution in [0.5, 0.6) is 0 Å². The molecule has 126 valence electrons. The number of carboxylic acids is 2. The van der Waals surface area contributed by atoms with Crippen LogP contribution in [0, 0.1) is 0 Å². The van der Waals surface area contributed by atoms with Gasteiger partial charge in [-0.3, -0.25) is 9.59 Å². The van der Waals surface area contributed by atoms with E-state index in [1.54, 1.807) is 24.3 Å². The van der Waals surface area contributed by atoms with Crippen molar-refractivity contribution >= 4 is 11.9 Å². The van der Waals surface area contributed by atoms with Crippen LogP contribution in [-0.2, 0) is 9.59 Å². The van der Waals surface area contributed by atoms with Crippen molar-refractivity contribution in [1.82, 2.24) is 0 Å². The Morgan fingerprint density at radius 1 is 0.750 bits per heavy atom. The minimum absolute atomic E-state index is 0.194. The van der Waals surface area contributed by atoms with Crippen molar-refractivity contribution < 1.29 is 19.8 Å². The van der Waals surface area contributed by atoms with Crippen molar-refractivity contribution in [3.05, 3.63) is 59.7 Å². The van der Waals surface area contributed by atoms with Crippen LogP contribution in [0.1, 0.15) is 36.1 Å². The summed E-state index contributed by atoms with van der Waals surface area (Å²) in [5, 5.41) is 18.0. The monoisotopic (exact) mass is 328 g/mol. The third kappa shape index (κ3) is 4.18. The van der Waals surface area contributed by atoms with Crippen LogP contribution in [0.15, 0.2) is 48.5 Å². The zero-order valence-corrected chi connectivity index (χ0v) is 13.1. The number of benzene rings is 2. The van der Waals surface area contributed by atoms with Crippen LogP contribution in [0.3, 0.4) is 0 Å². The van der Waals surface area contributed by atoms with Crippen molar-refractivity contribution in [2.75, 3.05) is 0 Å². The molecule has 0 aliphatic carbocycles. The van der Waals surface area contributed by atoms with Gasteiger partial charge in [-0.2, -0.15) is 0 Å². The second kappa shape index (κ2) is 7.72. The molecule has 2 aromatic carbocycles. The largest absolute Gasteiger partial charge is 0.481 e. The first kappa shape index (κ1) is 17.7. The van der Waals surface area contributed by atoms with Crippen molar-refractivity contribution in [3.63, 3.8) is 0 Å². The van der Waals surface area contributed by atoms with Gasteiger partial charge in [0, 0.05) is 12.1 Å². The van der Waals surface area contributed by atoms with Crippen LogP contribution in [0.25, 0.3) is 11.1 Å². The molecule has 0 saturated heterocycles. The van der Waals surface area contributed by atoms with Gasteiger partial charge in [0.2, 0.25) is 0 Å². The fraction of sp³-hybridized carbons (Fsp3) is 0.222. The van der Waals surface area contributed by atoms with Crippen molar-refractivity contribution in [2.24, 2.45) is 11.5 Å².